The third-order valence-electron chi connectivity index (χ3n) is 5.75. The van der Waals surface area contributed by atoms with Crippen LogP contribution in [0.15, 0.2) is 41.8 Å². The molecule has 1 saturated heterocycles. The van der Waals surface area contributed by atoms with Crippen LogP contribution >= 0.6 is 11.3 Å². The molecule has 3 heterocycles. The van der Waals surface area contributed by atoms with Gasteiger partial charge < -0.3 is 14.5 Å². The fraction of sp³-hybridized carbons (Fsp3) is 0.364. The number of hydrogen-bond donors (Lipinski definition) is 0. The lowest BCUT2D eigenvalue weighted by molar-refractivity contribution is 0.122. The molecule has 5 heteroatoms. The van der Waals surface area contributed by atoms with Gasteiger partial charge in [0.2, 0.25) is 0 Å². The molecule has 1 atom stereocenters. The molecule has 0 spiro atoms. The second-order valence-electron chi connectivity index (χ2n) is 7.57. The predicted molar refractivity (Wildman–Crippen MR) is 109 cm³/mol. The van der Waals surface area contributed by atoms with Gasteiger partial charge in [-0.3, -0.25) is 0 Å². The number of rotatable bonds is 2. The summed E-state index contributed by atoms with van der Waals surface area (Å²) in [7, 11) is 2.15. The highest BCUT2D eigenvalue weighted by Gasteiger charge is 2.28. The number of benzene rings is 2. The van der Waals surface area contributed by atoms with Gasteiger partial charge in [-0.05, 0) is 58.8 Å². The first-order chi connectivity index (χ1) is 13.2. The molecule has 2 aromatic carbocycles. The van der Waals surface area contributed by atoms with E-state index in [9.17, 15) is 0 Å². The number of likely N-dealkylation sites (N-methyl/N-ethyl adjacent to an activating group) is 1. The van der Waals surface area contributed by atoms with Gasteiger partial charge in [-0.25, -0.2) is 4.39 Å². The van der Waals surface area contributed by atoms with E-state index in [1.807, 2.05) is 0 Å². The van der Waals surface area contributed by atoms with Gasteiger partial charge in [-0.2, -0.15) is 0 Å². The highest BCUT2D eigenvalue weighted by Crippen LogP contribution is 2.38. The Bertz CT molecular complexity index is 980. The molecule has 27 heavy (non-hydrogen) atoms. The van der Waals surface area contributed by atoms with Crippen LogP contribution in [0.1, 0.15) is 22.6 Å². The van der Waals surface area contributed by atoms with Crippen molar-refractivity contribution in [2.75, 3.05) is 44.8 Å². The summed E-state index contributed by atoms with van der Waals surface area (Å²) in [4.78, 5) is 4.45. The fourth-order valence-corrected chi connectivity index (χ4v) is 5.20. The van der Waals surface area contributed by atoms with Crippen molar-refractivity contribution in [3.8, 4) is 0 Å². The van der Waals surface area contributed by atoms with Gasteiger partial charge in [-0.1, -0.05) is 12.1 Å². The Morgan fingerprint density at radius 2 is 1.96 bits per heavy atom. The first kappa shape index (κ1) is 17.2. The summed E-state index contributed by atoms with van der Waals surface area (Å²) in [5.41, 5.74) is 4.37. The van der Waals surface area contributed by atoms with E-state index in [0.29, 0.717) is 13.2 Å². The first-order valence-electron chi connectivity index (χ1n) is 9.50. The Hall–Kier alpha value is -1.95. The summed E-state index contributed by atoms with van der Waals surface area (Å²) >= 11 is 1.77. The fourth-order valence-electron chi connectivity index (χ4n) is 4.37. The Balaban J connectivity index is 1.57. The third-order valence-corrected chi connectivity index (χ3v) is 6.63. The van der Waals surface area contributed by atoms with Gasteiger partial charge in [0.25, 0.3) is 0 Å². The molecule has 0 saturated carbocycles. The maximum atomic E-state index is 15.1. The molecular formula is C22H23FN2OS. The molecule has 1 fully saturated rings. The number of hydrogen-bond acceptors (Lipinski definition) is 4. The summed E-state index contributed by atoms with van der Waals surface area (Å²) in [5.74, 6) is 0.0980. The van der Waals surface area contributed by atoms with E-state index in [1.165, 1.54) is 21.2 Å². The van der Waals surface area contributed by atoms with E-state index in [1.54, 1.807) is 17.4 Å². The number of fused-ring (bicyclic) bond motifs is 2. The van der Waals surface area contributed by atoms with E-state index < -0.39 is 0 Å². The van der Waals surface area contributed by atoms with Gasteiger partial charge in [-0.15, -0.1) is 11.3 Å². The smallest absolute Gasteiger partial charge is 0.146 e. The lowest BCUT2D eigenvalue weighted by Gasteiger charge is -2.35. The lowest BCUT2D eigenvalue weighted by atomic mass is 9.84. The lowest BCUT2D eigenvalue weighted by Crippen LogP contribution is -2.37. The molecule has 0 aliphatic carbocycles. The zero-order valence-corrected chi connectivity index (χ0v) is 16.3. The second-order valence-corrected chi connectivity index (χ2v) is 8.52. The van der Waals surface area contributed by atoms with Crippen LogP contribution in [-0.2, 0) is 11.3 Å². The zero-order chi connectivity index (χ0) is 18.4. The summed E-state index contributed by atoms with van der Waals surface area (Å²) in [6.45, 7) is 4.62. The minimum absolute atomic E-state index is 0.109. The number of thiophene rings is 1. The monoisotopic (exact) mass is 382 g/mol. The molecule has 5 rings (SSSR count). The van der Waals surface area contributed by atoms with Crippen LogP contribution in [0.3, 0.4) is 0 Å². The number of halogens is 1. The Morgan fingerprint density at radius 3 is 2.81 bits per heavy atom. The normalized spacial score (nSPS) is 20.8. The molecular weight excluding hydrogens is 359 g/mol. The minimum atomic E-state index is -0.109. The maximum absolute atomic E-state index is 15.1. The quantitative estimate of drug-likeness (QED) is 0.651. The largest absolute Gasteiger partial charge is 0.378 e. The van der Waals surface area contributed by atoms with E-state index in [2.05, 4.69) is 52.6 Å². The second kappa shape index (κ2) is 6.89. The van der Waals surface area contributed by atoms with Crippen molar-refractivity contribution in [1.82, 2.24) is 4.90 Å². The Morgan fingerprint density at radius 1 is 1.11 bits per heavy atom. The molecule has 2 aliphatic heterocycles. The van der Waals surface area contributed by atoms with Crippen molar-refractivity contribution in [3.05, 3.63) is 64.3 Å². The van der Waals surface area contributed by atoms with Crippen molar-refractivity contribution in [3.63, 3.8) is 0 Å². The number of nitrogens with zero attached hydrogens (tertiary/aromatic N) is 2. The Labute approximate surface area is 163 Å². The van der Waals surface area contributed by atoms with E-state index in [-0.39, 0.29) is 11.7 Å². The standard InChI is InChI=1S/C22H23FN2OS/c1-24-13-17-10-21(25-5-7-26-8-6-25)20(23)12-18(17)19(14-24)16-3-2-15-4-9-27-22(15)11-16/h2-4,9-12,19H,5-8,13-14H2,1H3. The minimum Gasteiger partial charge on any atom is -0.378 e. The predicted octanol–water partition coefficient (Wildman–Crippen LogP) is 4.45. The van der Waals surface area contributed by atoms with E-state index in [0.717, 1.165) is 37.4 Å². The van der Waals surface area contributed by atoms with Crippen molar-refractivity contribution in [1.29, 1.82) is 0 Å². The van der Waals surface area contributed by atoms with Crippen molar-refractivity contribution >= 4 is 27.1 Å². The van der Waals surface area contributed by atoms with Crippen LogP contribution in [0.4, 0.5) is 10.1 Å². The summed E-state index contributed by atoms with van der Waals surface area (Å²) in [6.07, 6.45) is 0. The average Bonchev–Trinajstić information content (AvgIpc) is 3.16. The molecule has 0 N–H and O–H groups in total. The van der Waals surface area contributed by atoms with Gasteiger partial charge in [0.05, 0.1) is 18.9 Å². The van der Waals surface area contributed by atoms with Gasteiger partial charge in [0.15, 0.2) is 0 Å². The van der Waals surface area contributed by atoms with Crippen LogP contribution in [0.2, 0.25) is 0 Å². The molecule has 1 unspecified atom stereocenters. The summed E-state index contributed by atoms with van der Waals surface area (Å²) in [5, 5.41) is 3.41. The van der Waals surface area contributed by atoms with E-state index >= 15 is 4.39 Å². The molecule has 0 radical (unpaired) electrons. The van der Waals surface area contributed by atoms with Crippen molar-refractivity contribution in [2.45, 2.75) is 12.5 Å². The molecule has 0 amide bonds. The topological polar surface area (TPSA) is 15.7 Å². The van der Waals surface area contributed by atoms with Crippen molar-refractivity contribution < 1.29 is 9.13 Å². The molecule has 2 aliphatic rings. The number of ether oxygens (including phenoxy) is 1. The van der Waals surface area contributed by atoms with Gasteiger partial charge in [0.1, 0.15) is 5.82 Å². The Kier molecular flexibility index (Phi) is 4.38. The first-order valence-corrected chi connectivity index (χ1v) is 10.4. The maximum Gasteiger partial charge on any atom is 0.146 e. The molecule has 0 bridgehead atoms. The van der Waals surface area contributed by atoms with Crippen LogP contribution in [0.25, 0.3) is 10.1 Å². The molecule has 140 valence electrons. The van der Waals surface area contributed by atoms with Crippen LogP contribution in [0, 0.1) is 5.82 Å². The third kappa shape index (κ3) is 3.14. The van der Waals surface area contributed by atoms with Crippen molar-refractivity contribution in [2.24, 2.45) is 0 Å². The molecule has 1 aromatic heterocycles. The number of morpholine rings is 1. The zero-order valence-electron chi connectivity index (χ0n) is 15.5. The van der Waals surface area contributed by atoms with Gasteiger partial charge in [0, 0.05) is 36.8 Å². The van der Waals surface area contributed by atoms with Crippen LogP contribution in [-0.4, -0.2) is 44.8 Å². The molecule has 3 nitrogen and oxygen atoms in total. The highest BCUT2D eigenvalue weighted by atomic mass is 32.1. The average molecular weight is 383 g/mol. The van der Waals surface area contributed by atoms with Crippen LogP contribution in [0.5, 0.6) is 0 Å². The summed E-state index contributed by atoms with van der Waals surface area (Å²) in [6, 6.07) is 12.7. The SMILES string of the molecule is CN1Cc2cc(N3CCOCC3)c(F)cc2C(c2ccc3ccsc3c2)C1. The molecule has 3 aromatic rings. The van der Waals surface area contributed by atoms with E-state index in [4.69, 9.17) is 4.74 Å². The van der Waals surface area contributed by atoms with Gasteiger partial charge >= 0.3 is 0 Å². The van der Waals surface area contributed by atoms with Crippen LogP contribution < -0.4 is 4.90 Å². The number of anilines is 1. The highest BCUT2D eigenvalue weighted by molar-refractivity contribution is 7.17. The summed E-state index contributed by atoms with van der Waals surface area (Å²) < 4.78 is 21.8.